The molecule has 0 saturated carbocycles. The van der Waals surface area contributed by atoms with E-state index in [1.807, 2.05) is 15.8 Å². The second-order valence-electron chi connectivity index (χ2n) is 14.3. The molecule has 2 amide bonds. The average Bonchev–Trinajstić information content (AvgIpc) is 3.33. The number of rotatable bonds is 7. The molecule has 1 aromatic heterocycles. The van der Waals surface area contributed by atoms with Crippen molar-refractivity contribution >= 4 is 69.1 Å². The summed E-state index contributed by atoms with van der Waals surface area (Å²) >= 11 is -0.860. The second-order valence-corrected chi connectivity index (χ2v) is 16.4. The highest BCUT2D eigenvalue weighted by atomic mass is 127. The number of alkyl carbamates (subject to hydrolysis) is 1. The minimum Gasteiger partial charge on any atom is -0.448 e. The maximum atomic E-state index is 15.3. The van der Waals surface area contributed by atoms with E-state index >= 15 is 4.39 Å². The summed E-state index contributed by atoms with van der Waals surface area (Å²) in [5.74, 6) is 0.955. The smallest absolute Gasteiger partial charge is 0.414 e. The molecule has 5 rings (SSSR count). The molecule has 4 heterocycles. The monoisotopic (exact) mass is 799 g/mol. The van der Waals surface area contributed by atoms with Crippen LogP contribution in [0, 0.1) is 11.2 Å². The summed E-state index contributed by atoms with van der Waals surface area (Å²) in [6, 6.07) is 2.67. The number of likely N-dealkylation sites (tertiary alicyclic amines) is 1. The lowest BCUT2D eigenvalue weighted by Gasteiger charge is -2.50. The Hall–Kier alpha value is -3.97. The number of nitrogens with zero attached hydrogens (tertiary/aromatic N) is 4. The minimum atomic E-state index is -1.10. The molecule has 17 heteroatoms. The third-order valence-corrected chi connectivity index (χ3v) is 9.08. The highest BCUT2D eigenvalue weighted by Crippen LogP contribution is 2.40. The molecule has 0 bridgehead atoms. The molecular weight excluding hydrogens is 756 g/mol. The van der Waals surface area contributed by atoms with E-state index < -0.39 is 62.6 Å². The van der Waals surface area contributed by atoms with Crippen molar-refractivity contribution in [3.63, 3.8) is 0 Å². The molecule has 2 atom stereocenters. The van der Waals surface area contributed by atoms with Gasteiger partial charge in [0, 0.05) is 41.5 Å². The van der Waals surface area contributed by atoms with Gasteiger partial charge in [-0.05, 0) is 81.3 Å². The number of nitrogens with one attached hydrogen (secondary N) is 3. The first kappa shape index (κ1) is 36.3. The van der Waals surface area contributed by atoms with Crippen LogP contribution in [0.4, 0.5) is 25.5 Å². The quantitative estimate of drug-likeness (QED) is 0.125. The van der Waals surface area contributed by atoms with Gasteiger partial charge in [0.25, 0.3) is 10.3 Å². The summed E-state index contributed by atoms with van der Waals surface area (Å²) in [5, 5.41) is 15.9. The fourth-order valence-electron chi connectivity index (χ4n) is 5.25. The number of amidine groups is 1. The van der Waals surface area contributed by atoms with E-state index in [4.69, 9.17) is 29.0 Å². The van der Waals surface area contributed by atoms with Crippen LogP contribution in [0.5, 0.6) is 0 Å². The van der Waals surface area contributed by atoms with Crippen molar-refractivity contribution in [2.45, 2.75) is 79.2 Å². The molecule has 15 nitrogen and oxygen atoms in total. The molecule has 1 fully saturated rings. The highest BCUT2D eigenvalue weighted by Gasteiger charge is 2.44. The zero-order valence-corrected chi connectivity index (χ0v) is 31.1. The zero-order valence-electron chi connectivity index (χ0n) is 28.9. The number of ether oxygens (including phenoxy) is 3. The molecule has 3 aliphatic heterocycles. The summed E-state index contributed by atoms with van der Waals surface area (Å²) in [5.41, 5.74) is -0.297. The molecule has 268 valence electrons. The Labute approximate surface area is 293 Å². The molecule has 1 aromatic carbocycles. The van der Waals surface area contributed by atoms with Gasteiger partial charge in [0.1, 0.15) is 34.4 Å². The van der Waals surface area contributed by atoms with E-state index in [9.17, 15) is 14.7 Å². The predicted octanol–water partition coefficient (Wildman–Crippen LogP) is 5.27. The Kier molecular flexibility index (Phi) is 10.2. The van der Waals surface area contributed by atoms with Gasteiger partial charge in [-0.25, -0.2) is 24.0 Å². The first-order chi connectivity index (χ1) is 22.8. The Morgan fingerprint density at radius 1 is 1.20 bits per heavy atom. The lowest BCUT2D eigenvalue weighted by molar-refractivity contribution is -0.307. The minimum absolute atomic E-state index is 0.279. The number of aliphatic hydroxyl groups excluding tert-OH is 1. The molecule has 2 unspecified atom stereocenters. The number of H-pyrrole nitrogens is 1. The van der Waals surface area contributed by atoms with Crippen LogP contribution in [-0.2, 0) is 24.0 Å². The molecule has 3 aliphatic rings. The Morgan fingerprint density at radius 3 is 2.51 bits per heavy atom. The zero-order chi connectivity index (χ0) is 35.9. The van der Waals surface area contributed by atoms with Gasteiger partial charge in [0.05, 0.1) is 23.0 Å². The fourth-order valence-corrected chi connectivity index (χ4v) is 6.63. The van der Waals surface area contributed by atoms with Gasteiger partial charge in [-0.2, -0.15) is 4.89 Å². The van der Waals surface area contributed by atoms with E-state index in [1.165, 1.54) is 37.2 Å². The maximum Gasteiger partial charge on any atom is 0.414 e. The third-order valence-electron chi connectivity index (χ3n) is 7.17. The second kappa shape index (κ2) is 13.7. The van der Waals surface area contributed by atoms with Gasteiger partial charge in [0.15, 0.2) is 6.29 Å². The van der Waals surface area contributed by atoms with Crippen LogP contribution >= 0.6 is 20.7 Å². The first-order valence-electron chi connectivity index (χ1n) is 15.6. The van der Waals surface area contributed by atoms with Gasteiger partial charge in [-0.15, -0.1) is 0 Å². The summed E-state index contributed by atoms with van der Waals surface area (Å²) in [6.07, 6.45) is -1.68. The molecule has 0 aliphatic carbocycles. The maximum absolute atomic E-state index is 15.3. The van der Waals surface area contributed by atoms with E-state index in [2.05, 4.69) is 20.6 Å². The van der Waals surface area contributed by atoms with Crippen LogP contribution in [0.1, 0.15) is 61.0 Å². The Bertz CT molecular complexity index is 1730. The van der Waals surface area contributed by atoms with Gasteiger partial charge in [-0.1, -0.05) is 6.92 Å². The summed E-state index contributed by atoms with van der Waals surface area (Å²) in [4.78, 5) is 51.0. The van der Waals surface area contributed by atoms with Crippen molar-refractivity contribution < 1.29 is 43.1 Å². The number of hydrogen-bond donors (Lipinski definition) is 4. The number of amides is 2. The topological polar surface area (TPSA) is 172 Å². The Morgan fingerprint density at radius 2 is 1.90 bits per heavy atom. The molecule has 0 spiro atoms. The largest absolute Gasteiger partial charge is 0.448 e. The van der Waals surface area contributed by atoms with Crippen molar-refractivity contribution in [2.24, 2.45) is 15.4 Å². The molecule has 0 radical (unpaired) electrons. The van der Waals surface area contributed by atoms with Gasteiger partial charge < -0.3 is 44.7 Å². The van der Waals surface area contributed by atoms with Crippen molar-refractivity contribution in [3.8, 4) is 0 Å². The van der Waals surface area contributed by atoms with Gasteiger partial charge in [0.2, 0.25) is 0 Å². The van der Waals surface area contributed by atoms with Crippen LogP contribution in [0.15, 0.2) is 34.1 Å². The molecule has 4 N–H and O–H groups in total. The van der Waals surface area contributed by atoms with Crippen LogP contribution in [0.3, 0.4) is 0 Å². The van der Waals surface area contributed by atoms with Crippen molar-refractivity contribution in [1.82, 2.24) is 15.2 Å². The number of aromatic nitrogens is 1. The third kappa shape index (κ3) is 8.99. The number of aromatic amines is 1. The van der Waals surface area contributed by atoms with Crippen LogP contribution < -0.4 is 15.5 Å². The first-order valence-corrected chi connectivity index (χ1v) is 17.9. The average molecular weight is 800 g/mol. The summed E-state index contributed by atoms with van der Waals surface area (Å²) in [6.45, 7) is 15.6. The number of fused-ring (bicyclic) bond motifs is 3. The van der Waals surface area contributed by atoms with Gasteiger partial charge in [-0.3, -0.25) is 4.90 Å². The normalized spacial score (nSPS) is 19.1. The summed E-state index contributed by atoms with van der Waals surface area (Å²) in [7, 11) is 1.52. The number of carbonyl (C=O) groups excluding carboxylic acids is 2. The predicted molar refractivity (Wildman–Crippen MR) is 191 cm³/mol. The van der Waals surface area contributed by atoms with E-state index in [0.717, 1.165) is 0 Å². The molecule has 1 saturated heterocycles. The molecule has 49 heavy (non-hydrogen) atoms. The SMILES string of the molecule is CC(O)OOC1=NC=C(OC2N=C(N3CC(C)(CNC(=O)OC(C)(C)C)C3)c3c([nH]c4c(N(C)C(=O)OC(C)(C)C)cc(F)cc34)N2)C=I1. The van der Waals surface area contributed by atoms with Crippen LogP contribution in [0.2, 0.25) is 0 Å². The lowest BCUT2D eigenvalue weighted by Crippen LogP contribution is -2.62. The number of anilines is 2. The number of carbonyl (C=O) groups is 2. The standard InChI is InChI=1S/C32H43FIN7O8/c1-17(42)48-49-26-34-12-19(13-35-26)45-27-38-24-22(25(39-27)41-15-32(8,16-41)14-36-28(43)46-30(2,3)4)20-10-18(33)11-21(23(20)37-24)40(9)29(44)47-31(5,6)7/h10-13,17,27,37-38,42H,14-16H2,1-9H3,(H,36,43). The number of aliphatic hydroxyl groups is 1. The highest BCUT2D eigenvalue weighted by molar-refractivity contribution is 14.2. The van der Waals surface area contributed by atoms with E-state index in [0.29, 0.717) is 57.4 Å². The van der Waals surface area contributed by atoms with Crippen molar-refractivity contribution in [3.05, 3.63) is 35.5 Å². The van der Waals surface area contributed by atoms with Crippen LogP contribution in [-0.4, -0.2) is 91.5 Å². The fraction of sp³-hybridized carbons (Fsp3) is 0.531. The molecule has 2 aromatic rings. The number of allylic oxidation sites excluding steroid dienone is 1. The van der Waals surface area contributed by atoms with Crippen molar-refractivity contribution in [1.29, 1.82) is 0 Å². The van der Waals surface area contributed by atoms with E-state index in [-0.39, 0.29) is 11.1 Å². The Balaban J connectivity index is 1.45. The number of aliphatic imine (C=N–C) groups is 2. The summed E-state index contributed by atoms with van der Waals surface area (Å²) < 4.78 is 34.6. The van der Waals surface area contributed by atoms with E-state index in [1.54, 1.807) is 41.5 Å². The van der Waals surface area contributed by atoms with Crippen molar-refractivity contribution in [2.75, 3.05) is 36.9 Å². The van der Waals surface area contributed by atoms with Gasteiger partial charge >= 0.3 is 12.2 Å². The van der Waals surface area contributed by atoms with Crippen LogP contribution in [0.25, 0.3) is 10.9 Å². The molecular formula is C32H43FIN7O8. The number of hydrogen-bond acceptors (Lipinski definition) is 12. The number of benzene rings is 1. The number of halogens is 2. The lowest BCUT2D eigenvalue weighted by atomic mass is 9.81.